The molecule has 10 nitrogen and oxygen atoms in total. The van der Waals surface area contributed by atoms with Gasteiger partial charge in [-0.3, -0.25) is 9.59 Å². The maximum Gasteiger partial charge on any atom is 0.251 e. The highest BCUT2D eigenvalue weighted by atomic mass is 16.5. The molecular formula is C22H20N6O4. The fourth-order valence-electron chi connectivity index (χ4n) is 2.84. The van der Waals surface area contributed by atoms with Crippen molar-refractivity contribution in [2.24, 2.45) is 0 Å². The molecule has 2 aromatic carbocycles. The highest BCUT2D eigenvalue weighted by Gasteiger charge is 2.10. The van der Waals surface area contributed by atoms with Crippen molar-refractivity contribution in [1.82, 2.24) is 25.2 Å². The first kappa shape index (κ1) is 20.8. The molecule has 32 heavy (non-hydrogen) atoms. The molecule has 0 fully saturated rings. The van der Waals surface area contributed by atoms with E-state index in [0.717, 1.165) is 5.69 Å². The smallest absolute Gasteiger partial charge is 0.251 e. The predicted molar refractivity (Wildman–Crippen MR) is 114 cm³/mol. The van der Waals surface area contributed by atoms with Gasteiger partial charge in [-0.25, -0.2) is 4.68 Å². The summed E-state index contributed by atoms with van der Waals surface area (Å²) in [6, 6.07) is 15.6. The van der Waals surface area contributed by atoms with E-state index in [1.165, 1.54) is 0 Å². The number of benzene rings is 2. The van der Waals surface area contributed by atoms with Crippen LogP contribution in [0.3, 0.4) is 0 Å². The fourth-order valence-corrected chi connectivity index (χ4v) is 2.84. The Morgan fingerprint density at radius 1 is 1.09 bits per heavy atom. The number of nitrogens with zero attached hydrogens (tertiary/aromatic N) is 4. The third-order valence-corrected chi connectivity index (χ3v) is 4.38. The number of carbonyl (C=O) groups is 2. The summed E-state index contributed by atoms with van der Waals surface area (Å²) in [7, 11) is 0. The van der Waals surface area contributed by atoms with E-state index in [2.05, 4.69) is 25.9 Å². The van der Waals surface area contributed by atoms with Crippen molar-refractivity contribution in [3.05, 3.63) is 84.3 Å². The average molecular weight is 432 g/mol. The molecule has 0 aliphatic heterocycles. The summed E-state index contributed by atoms with van der Waals surface area (Å²) >= 11 is 0. The number of hydrogen-bond donors (Lipinski definition) is 2. The number of anilines is 1. The van der Waals surface area contributed by atoms with Crippen LogP contribution in [0.1, 0.15) is 22.1 Å². The summed E-state index contributed by atoms with van der Waals surface area (Å²) in [6.45, 7) is 1.70. The van der Waals surface area contributed by atoms with E-state index in [1.807, 2.05) is 24.4 Å². The van der Waals surface area contributed by atoms with Crippen LogP contribution in [0.15, 0.2) is 71.5 Å². The lowest BCUT2D eigenvalue weighted by Crippen LogP contribution is -2.32. The van der Waals surface area contributed by atoms with Gasteiger partial charge >= 0.3 is 0 Å². The number of hydrogen-bond acceptors (Lipinski definition) is 7. The van der Waals surface area contributed by atoms with Gasteiger partial charge in [-0.05, 0) is 54.6 Å². The first-order chi connectivity index (χ1) is 15.6. The van der Waals surface area contributed by atoms with Crippen LogP contribution in [0.25, 0.3) is 5.69 Å². The first-order valence-corrected chi connectivity index (χ1v) is 9.77. The van der Waals surface area contributed by atoms with Crippen LogP contribution in [-0.2, 0) is 11.4 Å². The largest absolute Gasteiger partial charge is 0.485 e. The van der Waals surface area contributed by atoms with Crippen LogP contribution in [0.5, 0.6) is 5.75 Å². The van der Waals surface area contributed by atoms with Crippen molar-refractivity contribution < 1.29 is 18.8 Å². The number of nitrogens with one attached hydrogen (secondary N) is 2. The van der Waals surface area contributed by atoms with Crippen molar-refractivity contribution >= 4 is 17.5 Å². The maximum absolute atomic E-state index is 12.3. The van der Waals surface area contributed by atoms with E-state index in [9.17, 15) is 9.59 Å². The van der Waals surface area contributed by atoms with E-state index < -0.39 is 0 Å². The third kappa shape index (κ3) is 5.36. The Bertz CT molecular complexity index is 1180. The van der Waals surface area contributed by atoms with E-state index in [0.29, 0.717) is 28.7 Å². The summed E-state index contributed by atoms with van der Waals surface area (Å²) < 4.78 is 12.1. The molecule has 0 saturated heterocycles. The fraction of sp³-hybridized carbons (Fsp3) is 0.136. The SMILES string of the molecule is Cc1nc(COc2ccc(C(=O)NCC(=O)Nc3ccc(-n4cccn4)cc3)cc2)no1. The summed E-state index contributed by atoms with van der Waals surface area (Å²) in [6.07, 6.45) is 3.52. The zero-order chi connectivity index (χ0) is 22.3. The molecule has 10 heteroatoms. The van der Waals surface area contributed by atoms with Crippen molar-refractivity contribution in [3.63, 3.8) is 0 Å². The molecule has 2 amide bonds. The molecule has 0 unspecified atom stereocenters. The number of rotatable bonds is 8. The number of aromatic nitrogens is 4. The minimum atomic E-state index is -0.366. The predicted octanol–water partition coefficient (Wildman–Crippen LogP) is 2.51. The molecule has 0 saturated carbocycles. The summed E-state index contributed by atoms with van der Waals surface area (Å²) in [5.41, 5.74) is 1.91. The molecule has 0 radical (unpaired) electrons. The number of ether oxygens (including phenoxy) is 1. The summed E-state index contributed by atoms with van der Waals surface area (Å²) in [5, 5.41) is 13.2. The lowest BCUT2D eigenvalue weighted by atomic mass is 10.2. The highest BCUT2D eigenvalue weighted by molar-refractivity contribution is 5.99. The summed E-state index contributed by atoms with van der Waals surface area (Å²) in [5.74, 6) is 0.757. The topological polar surface area (TPSA) is 124 Å². The Hall–Kier alpha value is -4.47. The molecular weight excluding hydrogens is 412 g/mol. The van der Waals surface area contributed by atoms with Gasteiger partial charge in [-0.15, -0.1) is 0 Å². The number of amides is 2. The Kier molecular flexibility index (Phi) is 6.21. The molecule has 162 valence electrons. The monoisotopic (exact) mass is 432 g/mol. The van der Waals surface area contributed by atoms with Gasteiger partial charge in [0.15, 0.2) is 6.61 Å². The molecule has 0 aliphatic carbocycles. The van der Waals surface area contributed by atoms with Crippen LogP contribution in [-0.4, -0.2) is 38.3 Å². The zero-order valence-corrected chi connectivity index (χ0v) is 17.2. The molecule has 2 aromatic heterocycles. The van der Waals surface area contributed by atoms with Crippen molar-refractivity contribution in [1.29, 1.82) is 0 Å². The van der Waals surface area contributed by atoms with Gasteiger partial charge in [-0.1, -0.05) is 5.16 Å². The quantitative estimate of drug-likeness (QED) is 0.438. The van der Waals surface area contributed by atoms with Gasteiger partial charge in [0.1, 0.15) is 5.75 Å². The van der Waals surface area contributed by atoms with E-state index >= 15 is 0 Å². The molecule has 2 heterocycles. The van der Waals surface area contributed by atoms with E-state index in [1.54, 1.807) is 54.2 Å². The highest BCUT2D eigenvalue weighted by Crippen LogP contribution is 2.14. The summed E-state index contributed by atoms with van der Waals surface area (Å²) in [4.78, 5) is 28.5. The second kappa shape index (κ2) is 9.56. The lowest BCUT2D eigenvalue weighted by molar-refractivity contribution is -0.115. The van der Waals surface area contributed by atoms with E-state index in [4.69, 9.17) is 9.26 Å². The van der Waals surface area contributed by atoms with Gasteiger partial charge in [0.05, 0.1) is 12.2 Å². The first-order valence-electron chi connectivity index (χ1n) is 9.77. The molecule has 0 spiro atoms. The van der Waals surface area contributed by atoms with Crippen molar-refractivity contribution in [3.8, 4) is 11.4 Å². The second-order valence-electron chi connectivity index (χ2n) is 6.77. The normalized spacial score (nSPS) is 10.5. The van der Waals surface area contributed by atoms with E-state index in [-0.39, 0.29) is 25.0 Å². The molecule has 4 rings (SSSR count). The minimum absolute atomic E-state index is 0.158. The maximum atomic E-state index is 12.3. The van der Waals surface area contributed by atoms with Crippen molar-refractivity contribution in [2.75, 3.05) is 11.9 Å². The number of aryl methyl sites for hydroxylation is 1. The van der Waals surface area contributed by atoms with Gasteiger partial charge < -0.3 is 19.9 Å². The molecule has 0 bridgehead atoms. The molecule has 0 aliphatic rings. The van der Waals surface area contributed by atoms with Crippen LogP contribution in [0.2, 0.25) is 0 Å². The third-order valence-electron chi connectivity index (χ3n) is 4.38. The number of carbonyl (C=O) groups excluding carboxylic acids is 2. The second-order valence-corrected chi connectivity index (χ2v) is 6.77. The Morgan fingerprint density at radius 2 is 1.88 bits per heavy atom. The van der Waals surface area contributed by atoms with Crippen molar-refractivity contribution in [2.45, 2.75) is 13.5 Å². The molecule has 0 atom stereocenters. The van der Waals surface area contributed by atoms with Gasteiger partial charge in [0, 0.05) is 30.6 Å². The van der Waals surface area contributed by atoms with Crippen LogP contribution in [0.4, 0.5) is 5.69 Å². The molecule has 2 N–H and O–H groups in total. The van der Waals surface area contributed by atoms with Crippen LogP contribution >= 0.6 is 0 Å². The van der Waals surface area contributed by atoms with Gasteiger partial charge in [-0.2, -0.15) is 10.1 Å². The average Bonchev–Trinajstić information content (AvgIpc) is 3.49. The molecule has 4 aromatic rings. The van der Waals surface area contributed by atoms with Crippen LogP contribution in [0, 0.1) is 6.92 Å². The Morgan fingerprint density at radius 3 is 2.53 bits per heavy atom. The van der Waals surface area contributed by atoms with Gasteiger partial charge in [0.2, 0.25) is 17.6 Å². The van der Waals surface area contributed by atoms with Crippen LogP contribution < -0.4 is 15.4 Å². The zero-order valence-electron chi connectivity index (χ0n) is 17.2. The Balaban J connectivity index is 1.23. The minimum Gasteiger partial charge on any atom is -0.485 e. The standard InChI is InChI=1S/C22H20N6O4/c1-15-25-20(27-32-15)14-31-19-9-3-16(4-10-19)22(30)23-13-21(29)26-17-5-7-18(8-6-17)28-12-2-11-24-28/h2-12H,13-14H2,1H3,(H,23,30)(H,26,29). The van der Waals surface area contributed by atoms with Gasteiger partial charge in [0.25, 0.3) is 5.91 Å². The Labute approximate surface area is 183 Å². The lowest BCUT2D eigenvalue weighted by Gasteiger charge is -2.09.